The predicted octanol–water partition coefficient (Wildman–Crippen LogP) is 3.26. The maximum atomic E-state index is 13.5. The van der Waals surface area contributed by atoms with Gasteiger partial charge in [-0.3, -0.25) is 4.79 Å². The molecule has 4 rings (SSSR count). The maximum Gasteiger partial charge on any atom is 0.243 e. The molecule has 0 saturated carbocycles. The summed E-state index contributed by atoms with van der Waals surface area (Å²) in [5, 5.41) is 2.74. The number of benzene rings is 2. The highest BCUT2D eigenvalue weighted by Gasteiger charge is 2.36. The van der Waals surface area contributed by atoms with Crippen molar-refractivity contribution in [1.29, 1.82) is 0 Å². The SMILES string of the molecule is O=C1C[C@@H]2CCN(S(=O)(=O)c3ccccc3)C[C@@H]2CCOc2ccc(F)cc2N1. The molecule has 1 amide bonds. The fourth-order valence-electron chi connectivity index (χ4n) is 4.09. The van der Waals surface area contributed by atoms with Crippen LogP contribution in [0.15, 0.2) is 53.4 Å². The van der Waals surface area contributed by atoms with Crippen molar-refractivity contribution < 1.29 is 22.3 Å². The van der Waals surface area contributed by atoms with Crippen LogP contribution in [0.4, 0.5) is 10.1 Å². The lowest BCUT2D eigenvalue weighted by Crippen LogP contribution is -2.45. The van der Waals surface area contributed by atoms with Gasteiger partial charge >= 0.3 is 0 Å². The molecule has 0 aromatic heterocycles. The predicted molar refractivity (Wildman–Crippen MR) is 107 cm³/mol. The van der Waals surface area contributed by atoms with Gasteiger partial charge in [0.2, 0.25) is 15.9 Å². The highest BCUT2D eigenvalue weighted by Crippen LogP contribution is 2.34. The summed E-state index contributed by atoms with van der Waals surface area (Å²) >= 11 is 0. The third-order valence-corrected chi connectivity index (χ3v) is 7.52. The minimum atomic E-state index is -3.57. The molecule has 0 spiro atoms. The Hall–Kier alpha value is -2.45. The van der Waals surface area contributed by atoms with Crippen molar-refractivity contribution in [3.63, 3.8) is 0 Å². The van der Waals surface area contributed by atoms with Crippen LogP contribution in [-0.4, -0.2) is 38.3 Å². The van der Waals surface area contributed by atoms with Crippen molar-refractivity contribution in [2.24, 2.45) is 11.8 Å². The van der Waals surface area contributed by atoms with E-state index in [0.29, 0.717) is 44.0 Å². The van der Waals surface area contributed by atoms with E-state index in [2.05, 4.69) is 5.32 Å². The summed E-state index contributed by atoms with van der Waals surface area (Å²) in [6.07, 6.45) is 1.50. The minimum Gasteiger partial charge on any atom is -0.491 e. The molecule has 2 aliphatic heterocycles. The number of amides is 1. The van der Waals surface area contributed by atoms with E-state index in [1.807, 2.05) is 0 Å². The molecule has 1 N–H and O–H groups in total. The lowest BCUT2D eigenvalue weighted by Gasteiger charge is -2.38. The van der Waals surface area contributed by atoms with Gasteiger partial charge in [-0.15, -0.1) is 0 Å². The molecule has 2 aromatic carbocycles. The number of fused-ring (bicyclic) bond motifs is 2. The Kier molecular flexibility index (Phi) is 5.56. The number of rotatable bonds is 2. The van der Waals surface area contributed by atoms with Crippen LogP contribution in [-0.2, 0) is 14.8 Å². The molecular formula is C21H23FN2O4S. The van der Waals surface area contributed by atoms with Gasteiger partial charge in [0.05, 0.1) is 17.2 Å². The van der Waals surface area contributed by atoms with Crippen LogP contribution in [0, 0.1) is 17.7 Å². The lowest BCUT2D eigenvalue weighted by atomic mass is 9.82. The number of carbonyl (C=O) groups excluding carboxylic acids is 1. The molecule has 2 aliphatic rings. The van der Waals surface area contributed by atoms with Crippen molar-refractivity contribution in [1.82, 2.24) is 4.31 Å². The summed E-state index contributed by atoms with van der Waals surface area (Å²) in [6, 6.07) is 12.4. The number of piperidine rings is 1. The van der Waals surface area contributed by atoms with Gasteiger partial charge in [0, 0.05) is 25.6 Å². The molecule has 0 radical (unpaired) electrons. The second-order valence-electron chi connectivity index (χ2n) is 7.51. The maximum absolute atomic E-state index is 13.5. The molecule has 0 bridgehead atoms. The molecule has 2 atom stereocenters. The third kappa shape index (κ3) is 4.28. The fraction of sp³-hybridized carbons (Fsp3) is 0.381. The van der Waals surface area contributed by atoms with Crippen molar-refractivity contribution >= 4 is 21.6 Å². The summed E-state index contributed by atoms with van der Waals surface area (Å²) in [5.41, 5.74) is 0.331. The number of nitrogens with one attached hydrogen (secondary N) is 1. The standard InChI is InChI=1S/C21H23FN2O4S/c22-17-6-7-20-19(13-17)23-21(25)12-15-8-10-24(14-16(15)9-11-28-20)29(26,27)18-4-2-1-3-5-18/h1-7,13,15-16H,8-12,14H2,(H,23,25)/t15-,16-/m0/s1. The zero-order valence-corrected chi connectivity index (χ0v) is 16.7. The number of hydrogen-bond donors (Lipinski definition) is 1. The number of sulfonamides is 1. The number of hydrogen-bond acceptors (Lipinski definition) is 4. The summed E-state index contributed by atoms with van der Waals surface area (Å²) in [5.74, 6) is -0.174. The van der Waals surface area contributed by atoms with E-state index in [-0.39, 0.29) is 29.1 Å². The topological polar surface area (TPSA) is 75.7 Å². The molecule has 1 saturated heterocycles. The summed E-state index contributed by atoms with van der Waals surface area (Å²) in [7, 11) is -3.57. The summed E-state index contributed by atoms with van der Waals surface area (Å²) in [4.78, 5) is 12.8. The molecule has 8 heteroatoms. The molecule has 29 heavy (non-hydrogen) atoms. The highest BCUT2D eigenvalue weighted by molar-refractivity contribution is 7.89. The smallest absolute Gasteiger partial charge is 0.243 e. The molecule has 154 valence electrons. The molecule has 0 aliphatic carbocycles. The van der Waals surface area contributed by atoms with Gasteiger partial charge < -0.3 is 10.1 Å². The average molecular weight is 418 g/mol. The zero-order chi connectivity index (χ0) is 20.4. The fourth-order valence-corrected chi connectivity index (χ4v) is 5.62. The first-order valence-corrected chi connectivity index (χ1v) is 11.1. The first kappa shape index (κ1) is 19.8. The van der Waals surface area contributed by atoms with E-state index < -0.39 is 15.8 Å². The Morgan fingerprint density at radius 3 is 2.66 bits per heavy atom. The van der Waals surface area contributed by atoms with Crippen molar-refractivity contribution in [3.8, 4) is 5.75 Å². The lowest BCUT2D eigenvalue weighted by molar-refractivity contribution is -0.117. The molecule has 1 fully saturated rings. The van der Waals surface area contributed by atoms with Crippen LogP contribution in [0.1, 0.15) is 19.3 Å². The first-order valence-electron chi connectivity index (χ1n) is 9.71. The number of anilines is 1. The van der Waals surface area contributed by atoms with Crippen LogP contribution in [0.2, 0.25) is 0 Å². The summed E-state index contributed by atoms with van der Waals surface area (Å²) < 4.78 is 46.8. The second-order valence-corrected chi connectivity index (χ2v) is 9.45. The van der Waals surface area contributed by atoms with Gasteiger partial charge in [0.1, 0.15) is 11.6 Å². The molecule has 6 nitrogen and oxygen atoms in total. The number of halogens is 1. The number of ether oxygens (including phenoxy) is 1. The minimum absolute atomic E-state index is 0.00925. The highest BCUT2D eigenvalue weighted by atomic mass is 32.2. The molecular weight excluding hydrogens is 395 g/mol. The van der Waals surface area contributed by atoms with Crippen molar-refractivity contribution in [3.05, 3.63) is 54.3 Å². The van der Waals surface area contributed by atoms with E-state index in [9.17, 15) is 17.6 Å². The zero-order valence-electron chi connectivity index (χ0n) is 15.9. The van der Waals surface area contributed by atoms with Gasteiger partial charge in [-0.1, -0.05) is 18.2 Å². The first-order chi connectivity index (χ1) is 13.9. The Balaban J connectivity index is 1.53. The van der Waals surface area contributed by atoms with Crippen molar-refractivity contribution in [2.45, 2.75) is 24.2 Å². The van der Waals surface area contributed by atoms with Gasteiger partial charge in [0.25, 0.3) is 0 Å². The number of carbonyl (C=O) groups is 1. The number of nitrogens with zero attached hydrogens (tertiary/aromatic N) is 1. The molecule has 2 aromatic rings. The van der Waals surface area contributed by atoms with Crippen LogP contribution in [0.3, 0.4) is 0 Å². The van der Waals surface area contributed by atoms with Gasteiger partial charge in [0.15, 0.2) is 0 Å². The van der Waals surface area contributed by atoms with E-state index >= 15 is 0 Å². The van der Waals surface area contributed by atoms with E-state index in [1.54, 1.807) is 30.3 Å². The quantitative estimate of drug-likeness (QED) is 0.812. The van der Waals surface area contributed by atoms with Crippen molar-refractivity contribution in [2.75, 3.05) is 25.0 Å². The van der Waals surface area contributed by atoms with Crippen LogP contribution in [0.25, 0.3) is 0 Å². The molecule has 2 heterocycles. The Morgan fingerprint density at radius 2 is 1.86 bits per heavy atom. The van der Waals surface area contributed by atoms with E-state index in [1.165, 1.54) is 22.5 Å². The van der Waals surface area contributed by atoms with Gasteiger partial charge in [-0.25, -0.2) is 12.8 Å². The Morgan fingerprint density at radius 1 is 1.07 bits per heavy atom. The molecule has 0 unspecified atom stereocenters. The normalized spacial score (nSPS) is 23.3. The Bertz CT molecular complexity index is 997. The summed E-state index contributed by atoms with van der Waals surface area (Å²) in [6.45, 7) is 1.10. The van der Waals surface area contributed by atoms with Gasteiger partial charge in [-0.05, 0) is 48.9 Å². The average Bonchev–Trinajstić information content (AvgIpc) is 2.71. The Labute approximate surface area is 169 Å². The second kappa shape index (κ2) is 8.12. The largest absolute Gasteiger partial charge is 0.491 e. The van der Waals surface area contributed by atoms with Crippen LogP contribution >= 0.6 is 0 Å². The monoisotopic (exact) mass is 418 g/mol. The van der Waals surface area contributed by atoms with E-state index in [4.69, 9.17) is 4.74 Å². The van der Waals surface area contributed by atoms with Crippen LogP contribution < -0.4 is 10.1 Å². The van der Waals surface area contributed by atoms with Crippen LogP contribution in [0.5, 0.6) is 5.75 Å². The third-order valence-electron chi connectivity index (χ3n) is 5.64. The van der Waals surface area contributed by atoms with Gasteiger partial charge in [-0.2, -0.15) is 4.31 Å². The van der Waals surface area contributed by atoms with E-state index in [0.717, 1.165) is 0 Å².